The first-order valence-electron chi connectivity index (χ1n) is 7.31. The zero-order valence-electron chi connectivity index (χ0n) is 12.9. The maximum Gasteiger partial charge on any atom is 0.233 e. The van der Waals surface area contributed by atoms with Crippen LogP contribution in [0.3, 0.4) is 0 Å². The highest BCUT2D eigenvalue weighted by atomic mass is 32.2. The molecule has 124 valence electrons. The molecule has 3 heterocycles. The Morgan fingerprint density at radius 3 is 3.12 bits per heavy atom. The van der Waals surface area contributed by atoms with Crippen molar-refractivity contribution in [3.05, 3.63) is 52.4 Å². The van der Waals surface area contributed by atoms with Crippen LogP contribution in [0.2, 0.25) is 0 Å². The molecule has 3 aromatic heterocycles. The molecule has 0 aliphatic rings. The molecule has 0 saturated heterocycles. The molecule has 24 heavy (non-hydrogen) atoms. The molecule has 0 spiro atoms. The molecule has 0 saturated carbocycles. The lowest BCUT2D eigenvalue weighted by molar-refractivity contribution is -0.120. The van der Waals surface area contributed by atoms with Crippen molar-refractivity contribution in [3.8, 4) is 0 Å². The fourth-order valence-electron chi connectivity index (χ4n) is 1.88. The van der Waals surface area contributed by atoms with Crippen LogP contribution in [0.25, 0.3) is 12.2 Å². The molecule has 0 radical (unpaired) electrons. The zero-order chi connectivity index (χ0) is 16.8. The molecule has 6 nitrogen and oxygen atoms in total. The smallest absolute Gasteiger partial charge is 0.233 e. The van der Waals surface area contributed by atoms with E-state index in [4.69, 9.17) is 4.42 Å². The number of furan rings is 1. The van der Waals surface area contributed by atoms with Crippen molar-refractivity contribution in [1.29, 1.82) is 0 Å². The van der Waals surface area contributed by atoms with Crippen molar-refractivity contribution < 1.29 is 9.21 Å². The van der Waals surface area contributed by atoms with Crippen LogP contribution in [0.5, 0.6) is 0 Å². The number of H-pyrrole nitrogens is 1. The summed E-state index contributed by atoms with van der Waals surface area (Å²) in [5.74, 6) is 1.30. The van der Waals surface area contributed by atoms with Crippen LogP contribution in [-0.2, 0) is 11.3 Å². The van der Waals surface area contributed by atoms with Crippen molar-refractivity contribution in [2.75, 3.05) is 0 Å². The third kappa shape index (κ3) is 4.59. The number of thiophene rings is 1. The highest BCUT2D eigenvalue weighted by Gasteiger charge is 2.16. The van der Waals surface area contributed by atoms with Gasteiger partial charge in [0.25, 0.3) is 0 Å². The van der Waals surface area contributed by atoms with Crippen molar-refractivity contribution in [2.24, 2.45) is 0 Å². The Labute approximate surface area is 147 Å². The van der Waals surface area contributed by atoms with E-state index >= 15 is 0 Å². The standard InChI is InChI=1S/C16H16N4O2S2/c1-11(15(21)17-10-12-4-2-8-22-12)24-16-18-14(19-20-16)7-6-13-5-3-9-23-13/h2-9,11H,10H2,1H3,(H,17,21)(H,18,19,20)/b7-6+/t11-/m0/s1. The van der Waals surface area contributed by atoms with E-state index < -0.39 is 0 Å². The largest absolute Gasteiger partial charge is 0.467 e. The van der Waals surface area contributed by atoms with Crippen molar-refractivity contribution in [2.45, 2.75) is 23.9 Å². The molecular formula is C16H16N4O2S2. The van der Waals surface area contributed by atoms with Gasteiger partial charge in [0.1, 0.15) is 11.6 Å². The van der Waals surface area contributed by atoms with Gasteiger partial charge >= 0.3 is 0 Å². The number of amides is 1. The van der Waals surface area contributed by atoms with Crippen molar-refractivity contribution >= 4 is 41.2 Å². The van der Waals surface area contributed by atoms with Gasteiger partial charge in [0.2, 0.25) is 11.1 Å². The second-order valence-electron chi connectivity index (χ2n) is 4.91. The lowest BCUT2D eigenvalue weighted by Crippen LogP contribution is -2.30. The molecule has 3 rings (SSSR count). The molecule has 0 bridgehead atoms. The lowest BCUT2D eigenvalue weighted by Gasteiger charge is -2.08. The second-order valence-corrected chi connectivity index (χ2v) is 7.20. The summed E-state index contributed by atoms with van der Waals surface area (Å²) in [4.78, 5) is 17.6. The number of aromatic nitrogens is 3. The molecule has 0 aliphatic heterocycles. The van der Waals surface area contributed by atoms with Gasteiger partial charge in [-0.3, -0.25) is 9.89 Å². The number of hydrogen-bond acceptors (Lipinski definition) is 6. The summed E-state index contributed by atoms with van der Waals surface area (Å²) in [6, 6.07) is 7.63. The molecule has 0 unspecified atom stereocenters. The van der Waals surface area contributed by atoms with E-state index in [2.05, 4.69) is 20.5 Å². The molecule has 1 atom stereocenters. The lowest BCUT2D eigenvalue weighted by atomic mass is 10.4. The Morgan fingerprint density at radius 1 is 1.46 bits per heavy atom. The molecule has 0 aliphatic carbocycles. The van der Waals surface area contributed by atoms with Gasteiger partial charge in [-0.2, -0.15) is 0 Å². The Morgan fingerprint density at radius 2 is 2.38 bits per heavy atom. The van der Waals surface area contributed by atoms with Crippen LogP contribution in [-0.4, -0.2) is 26.3 Å². The summed E-state index contributed by atoms with van der Waals surface area (Å²) in [6.45, 7) is 2.19. The number of nitrogens with zero attached hydrogens (tertiary/aromatic N) is 2. The topological polar surface area (TPSA) is 83.8 Å². The van der Waals surface area contributed by atoms with Crippen molar-refractivity contribution in [3.63, 3.8) is 0 Å². The molecular weight excluding hydrogens is 344 g/mol. The molecule has 1 amide bonds. The maximum absolute atomic E-state index is 12.1. The van der Waals surface area contributed by atoms with Crippen LogP contribution in [0.15, 0.2) is 45.5 Å². The fraction of sp³-hybridized carbons (Fsp3) is 0.188. The summed E-state index contributed by atoms with van der Waals surface area (Å²) in [5, 5.41) is 12.1. The number of aromatic amines is 1. The highest BCUT2D eigenvalue weighted by molar-refractivity contribution is 8.00. The quantitative estimate of drug-likeness (QED) is 0.631. The third-order valence-corrected chi connectivity index (χ3v) is 4.90. The summed E-state index contributed by atoms with van der Waals surface area (Å²) < 4.78 is 5.18. The molecule has 3 aromatic rings. The number of thioether (sulfide) groups is 1. The van der Waals surface area contributed by atoms with Gasteiger partial charge in [0, 0.05) is 4.88 Å². The zero-order valence-corrected chi connectivity index (χ0v) is 14.6. The highest BCUT2D eigenvalue weighted by Crippen LogP contribution is 2.20. The first-order chi connectivity index (χ1) is 11.7. The number of carbonyl (C=O) groups excluding carboxylic acids is 1. The number of rotatable bonds is 7. The van der Waals surface area contributed by atoms with E-state index in [1.807, 2.05) is 42.7 Å². The fourth-order valence-corrected chi connectivity index (χ4v) is 3.25. The number of carbonyl (C=O) groups is 1. The minimum Gasteiger partial charge on any atom is -0.467 e. The van der Waals surface area contributed by atoms with Crippen LogP contribution >= 0.6 is 23.1 Å². The van der Waals surface area contributed by atoms with E-state index in [1.165, 1.54) is 11.8 Å². The molecule has 2 N–H and O–H groups in total. The maximum atomic E-state index is 12.1. The van der Waals surface area contributed by atoms with Crippen LogP contribution < -0.4 is 5.32 Å². The SMILES string of the molecule is C[C@H](Sc1n[nH]c(/C=C/c2cccs2)n1)C(=O)NCc1ccco1. The summed E-state index contributed by atoms with van der Waals surface area (Å²) in [5.41, 5.74) is 0. The average Bonchev–Trinajstić information content (AvgIpc) is 3.32. The van der Waals surface area contributed by atoms with Gasteiger partial charge < -0.3 is 9.73 Å². The average molecular weight is 360 g/mol. The van der Waals surface area contributed by atoms with Gasteiger partial charge in [0.15, 0.2) is 0 Å². The monoisotopic (exact) mass is 360 g/mol. The number of hydrogen-bond donors (Lipinski definition) is 2. The van der Waals surface area contributed by atoms with Crippen molar-refractivity contribution in [1.82, 2.24) is 20.5 Å². The van der Waals surface area contributed by atoms with E-state index in [0.29, 0.717) is 17.5 Å². The summed E-state index contributed by atoms with van der Waals surface area (Å²) in [6.07, 6.45) is 5.42. The first-order valence-corrected chi connectivity index (χ1v) is 9.07. The Hall–Kier alpha value is -2.32. The van der Waals surface area contributed by atoms with Gasteiger partial charge in [-0.1, -0.05) is 17.8 Å². The van der Waals surface area contributed by atoms with Gasteiger partial charge in [0.05, 0.1) is 18.1 Å². The summed E-state index contributed by atoms with van der Waals surface area (Å²) >= 11 is 2.96. The van der Waals surface area contributed by atoms with Crippen LogP contribution in [0.1, 0.15) is 23.4 Å². The second kappa shape index (κ2) is 7.98. The van der Waals surface area contributed by atoms with E-state index in [1.54, 1.807) is 23.7 Å². The minimum absolute atomic E-state index is 0.0862. The van der Waals surface area contributed by atoms with E-state index in [9.17, 15) is 4.79 Å². The normalized spacial score (nSPS) is 12.5. The predicted octanol–water partition coefficient (Wildman–Crippen LogP) is 3.43. The van der Waals surface area contributed by atoms with Crippen LogP contribution in [0.4, 0.5) is 0 Å². The molecule has 0 aromatic carbocycles. The van der Waals surface area contributed by atoms with E-state index in [0.717, 1.165) is 10.6 Å². The van der Waals surface area contributed by atoms with Gasteiger partial charge in [-0.15, -0.1) is 16.4 Å². The van der Waals surface area contributed by atoms with Gasteiger partial charge in [-0.05, 0) is 42.7 Å². The predicted molar refractivity (Wildman–Crippen MR) is 95.5 cm³/mol. The van der Waals surface area contributed by atoms with Crippen LogP contribution in [0, 0.1) is 0 Å². The first kappa shape index (κ1) is 16.5. The third-order valence-electron chi connectivity index (χ3n) is 3.10. The number of nitrogens with one attached hydrogen (secondary N) is 2. The van der Waals surface area contributed by atoms with E-state index in [-0.39, 0.29) is 11.2 Å². The Balaban J connectivity index is 1.51. The summed E-state index contributed by atoms with van der Waals surface area (Å²) in [7, 11) is 0. The van der Waals surface area contributed by atoms with Gasteiger partial charge in [-0.25, -0.2) is 4.98 Å². The Kier molecular flexibility index (Phi) is 5.50. The minimum atomic E-state index is -0.301. The molecule has 0 fully saturated rings. The Bertz CT molecular complexity index is 794. The molecule has 8 heteroatoms.